The first-order valence-electron chi connectivity index (χ1n) is 7.52. The van der Waals surface area contributed by atoms with Crippen molar-refractivity contribution in [2.75, 3.05) is 0 Å². The monoisotopic (exact) mass is 297 g/mol. The Morgan fingerprint density at radius 1 is 1.23 bits per heavy atom. The Balaban J connectivity index is 2.04. The molecule has 1 aliphatic carbocycles. The maximum atomic E-state index is 12.1. The lowest BCUT2D eigenvalue weighted by Gasteiger charge is -2.18. The van der Waals surface area contributed by atoms with E-state index in [0.29, 0.717) is 29.0 Å². The Morgan fingerprint density at radius 3 is 2.64 bits per heavy atom. The Kier molecular flexibility index (Phi) is 3.94. The van der Waals surface area contributed by atoms with Gasteiger partial charge in [-0.15, -0.1) is 0 Å². The number of hydrogen-bond acceptors (Lipinski definition) is 4. The number of allylic oxidation sites excluding steroid dienone is 1. The molecule has 114 valence electrons. The van der Waals surface area contributed by atoms with Crippen molar-refractivity contribution in [2.45, 2.75) is 39.2 Å². The van der Waals surface area contributed by atoms with Crippen LogP contribution in [0.2, 0.25) is 0 Å². The van der Waals surface area contributed by atoms with Gasteiger partial charge in [0.1, 0.15) is 17.6 Å². The van der Waals surface area contributed by atoms with Gasteiger partial charge in [-0.05, 0) is 26.7 Å². The zero-order valence-electron chi connectivity index (χ0n) is 12.8. The van der Waals surface area contributed by atoms with Gasteiger partial charge in [0.05, 0.1) is 5.56 Å². The van der Waals surface area contributed by atoms with Crippen LogP contribution in [-0.4, -0.2) is 16.0 Å². The van der Waals surface area contributed by atoms with Gasteiger partial charge in [-0.1, -0.05) is 41.1 Å². The molecular formula is C18H19NO3. The van der Waals surface area contributed by atoms with Crippen LogP contribution in [0.1, 0.15) is 42.3 Å². The van der Waals surface area contributed by atoms with Crippen molar-refractivity contribution < 1.29 is 14.4 Å². The van der Waals surface area contributed by atoms with Crippen molar-refractivity contribution in [2.24, 2.45) is 0 Å². The number of carbonyl (C=O) groups excluding carboxylic acids is 1. The fraction of sp³-hybridized carbons (Fsp3) is 0.333. The molecule has 0 radical (unpaired) electrons. The van der Waals surface area contributed by atoms with Crippen molar-refractivity contribution in [3.05, 3.63) is 52.8 Å². The van der Waals surface area contributed by atoms with Gasteiger partial charge >= 0.3 is 0 Å². The number of ketones is 1. The molecule has 1 N–H and O–H groups in total. The quantitative estimate of drug-likeness (QED) is 0.938. The standard InChI is InChI=1S/C18H19NO3/c1-11-7-9-13(10-8-11)17-16(12(2)22-19-17)18(21)14-5-3-4-6-15(14)20/h5,7-10,18,21H,3-4,6H2,1-2H3. The molecule has 1 aromatic heterocycles. The van der Waals surface area contributed by atoms with Gasteiger partial charge in [0, 0.05) is 17.6 Å². The molecule has 1 heterocycles. The molecule has 1 atom stereocenters. The first kappa shape index (κ1) is 14.7. The van der Waals surface area contributed by atoms with Crippen molar-refractivity contribution in [1.29, 1.82) is 0 Å². The SMILES string of the molecule is Cc1ccc(-c2noc(C)c2C(O)C2=CCCCC2=O)cc1. The van der Waals surface area contributed by atoms with Gasteiger partial charge in [-0.2, -0.15) is 0 Å². The molecule has 4 nitrogen and oxygen atoms in total. The van der Waals surface area contributed by atoms with E-state index >= 15 is 0 Å². The Morgan fingerprint density at radius 2 is 1.95 bits per heavy atom. The lowest BCUT2D eigenvalue weighted by molar-refractivity contribution is -0.117. The molecule has 3 rings (SSSR count). The normalized spacial score (nSPS) is 16.5. The third-order valence-corrected chi connectivity index (χ3v) is 4.10. The predicted octanol–water partition coefficient (Wildman–Crippen LogP) is 3.67. The molecule has 4 heteroatoms. The average molecular weight is 297 g/mol. The van der Waals surface area contributed by atoms with Gasteiger partial charge in [0.2, 0.25) is 0 Å². The Labute approximate surface area is 129 Å². The second-order valence-electron chi connectivity index (χ2n) is 5.74. The second kappa shape index (κ2) is 5.89. The molecular weight excluding hydrogens is 278 g/mol. The van der Waals surface area contributed by atoms with E-state index < -0.39 is 6.10 Å². The number of aliphatic hydroxyl groups excluding tert-OH is 1. The minimum atomic E-state index is -0.977. The summed E-state index contributed by atoms with van der Waals surface area (Å²) in [5.74, 6) is 0.552. The largest absolute Gasteiger partial charge is 0.383 e. The van der Waals surface area contributed by atoms with E-state index in [0.717, 1.165) is 24.0 Å². The van der Waals surface area contributed by atoms with Crippen LogP contribution in [0.4, 0.5) is 0 Å². The summed E-state index contributed by atoms with van der Waals surface area (Å²) in [4.78, 5) is 12.1. The van der Waals surface area contributed by atoms with E-state index in [4.69, 9.17) is 4.52 Å². The van der Waals surface area contributed by atoms with E-state index in [1.165, 1.54) is 0 Å². The fourth-order valence-electron chi connectivity index (χ4n) is 2.82. The first-order chi connectivity index (χ1) is 10.6. The van der Waals surface area contributed by atoms with Gasteiger partial charge in [0.25, 0.3) is 0 Å². The molecule has 0 spiro atoms. The third-order valence-electron chi connectivity index (χ3n) is 4.10. The van der Waals surface area contributed by atoms with Crippen LogP contribution in [0.3, 0.4) is 0 Å². The first-order valence-corrected chi connectivity index (χ1v) is 7.52. The molecule has 1 aliphatic rings. The summed E-state index contributed by atoms with van der Waals surface area (Å²) in [6, 6.07) is 7.86. The highest BCUT2D eigenvalue weighted by Crippen LogP contribution is 2.36. The number of carbonyl (C=O) groups is 1. The molecule has 0 aliphatic heterocycles. The number of aromatic nitrogens is 1. The lowest BCUT2D eigenvalue weighted by atomic mass is 9.89. The van der Waals surface area contributed by atoms with Crippen molar-refractivity contribution in [1.82, 2.24) is 5.16 Å². The maximum absolute atomic E-state index is 12.1. The summed E-state index contributed by atoms with van der Waals surface area (Å²) in [6.07, 6.45) is 3.02. The molecule has 0 fully saturated rings. The van der Waals surface area contributed by atoms with Crippen LogP contribution in [0.25, 0.3) is 11.3 Å². The molecule has 0 saturated carbocycles. The van der Waals surface area contributed by atoms with Crippen LogP contribution in [-0.2, 0) is 4.79 Å². The van der Waals surface area contributed by atoms with E-state index in [2.05, 4.69) is 5.16 Å². The highest BCUT2D eigenvalue weighted by atomic mass is 16.5. The maximum Gasteiger partial charge on any atom is 0.161 e. The fourth-order valence-corrected chi connectivity index (χ4v) is 2.82. The van der Waals surface area contributed by atoms with Crippen molar-refractivity contribution in [3.63, 3.8) is 0 Å². The second-order valence-corrected chi connectivity index (χ2v) is 5.74. The van der Waals surface area contributed by atoms with E-state index in [9.17, 15) is 9.90 Å². The number of hydrogen-bond donors (Lipinski definition) is 1. The van der Waals surface area contributed by atoms with Crippen molar-refractivity contribution >= 4 is 5.78 Å². The molecule has 1 aromatic carbocycles. The zero-order chi connectivity index (χ0) is 15.7. The average Bonchev–Trinajstić information content (AvgIpc) is 2.89. The topological polar surface area (TPSA) is 63.3 Å². The molecule has 1 unspecified atom stereocenters. The Hall–Kier alpha value is -2.20. The van der Waals surface area contributed by atoms with Crippen molar-refractivity contribution in [3.8, 4) is 11.3 Å². The molecule has 0 bridgehead atoms. The van der Waals surface area contributed by atoms with Crippen LogP contribution in [0.5, 0.6) is 0 Å². The molecule has 2 aromatic rings. The van der Waals surface area contributed by atoms with Crippen LogP contribution in [0.15, 0.2) is 40.4 Å². The summed E-state index contributed by atoms with van der Waals surface area (Å²) in [5.41, 5.74) is 3.68. The van der Waals surface area contributed by atoms with Gasteiger partial charge in [0.15, 0.2) is 5.78 Å². The highest BCUT2D eigenvalue weighted by Gasteiger charge is 2.29. The summed E-state index contributed by atoms with van der Waals surface area (Å²) in [5, 5.41) is 14.8. The number of nitrogens with zero attached hydrogens (tertiary/aromatic N) is 1. The summed E-state index contributed by atoms with van der Waals surface area (Å²) in [7, 11) is 0. The number of aryl methyl sites for hydroxylation is 2. The summed E-state index contributed by atoms with van der Waals surface area (Å²) >= 11 is 0. The summed E-state index contributed by atoms with van der Waals surface area (Å²) < 4.78 is 5.28. The van der Waals surface area contributed by atoms with Crippen LogP contribution in [0, 0.1) is 13.8 Å². The number of Topliss-reactive ketones (excluding diaryl/α,β-unsaturated/α-hetero) is 1. The highest BCUT2D eigenvalue weighted by molar-refractivity contribution is 5.97. The van der Waals surface area contributed by atoms with Gasteiger partial charge < -0.3 is 9.63 Å². The van der Waals surface area contributed by atoms with E-state index in [1.54, 1.807) is 6.92 Å². The predicted molar refractivity (Wildman–Crippen MR) is 83.3 cm³/mol. The number of aliphatic hydroxyl groups is 1. The van der Waals surface area contributed by atoms with Gasteiger partial charge in [-0.25, -0.2) is 0 Å². The number of benzene rings is 1. The van der Waals surface area contributed by atoms with E-state index in [1.807, 2.05) is 37.3 Å². The van der Waals surface area contributed by atoms with Crippen LogP contribution < -0.4 is 0 Å². The molecule has 0 amide bonds. The lowest BCUT2D eigenvalue weighted by Crippen LogP contribution is -2.15. The zero-order valence-corrected chi connectivity index (χ0v) is 12.8. The van der Waals surface area contributed by atoms with Crippen LogP contribution >= 0.6 is 0 Å². The summed E-state index contributed by atoms with van der Waals surface area (Å²) in [6.45, 7) is 3.77. The molecule has 0 saturated heterocycles. The molecule has 22 heavy (non-hydrogen) atoms. The third kappa shape index (κ3) is 2.62. The Bertz CT molecular complexity index is 725. The number of rotatable bonds is 3. The minimum absolute atomic E-state index is 0.00852. The smallest absolute Gasteiger partial charge is 0.161 e. The van der Waals surface area contributed by atoms with E-state index in [-0.39, 0.29) is 5.78 Å². The van der Waals surface area contributed by atoms with Gasteiger partial charge in [-0.3, -0.25) is 4.79 Å². The minimum Gasteiger partial charge on any atom is -0.383 e.